The van der Waals surface area contributed by atoms with Crippen LogP contribution in [0.4, 0.5) is 4.39 Å². The van der Waals surface area contributed by atoms with Crippen molar-refractivity contribution in [1.82, 2.24) is 14.9 Å². The van der Waals surface area contributed by atoms with E-state index in [4.69, 9.17) is 9.47 Å². The Balaban J connectivity index is 1.69. The average molecular weight is 482 g/mol. The fourth-order valence-electron chi connectivity index (χ4n) is 4.16. The van der Waals surface area contributed by atoms with Gasteiger partial charge in [0.1, 0.15) is 17.2 Å². The van der Waals surface area contributed by atoms with Crippen molar-refractivity contribution in [2.75, 3.05) is 26.1 Å². The summed E-state index contributed by atoms with van der Waals surface area (Å²) in [6.07, 6.45) is 2.36. The topological polar surface area (TPSA) is 137 Å². The number of hydrogen-bond donors (Lipinski definition) is 2. The average Bonchev–Trinajstić information content (AvgIpc) is 2.94. The van der Waals surface area contributed by atoms with Gasteiger partial charge in [0.05, 0.1) is 4.90 Å². The summed E-state index contributed by atoms with van der Waals surface area (Å²) in [6, 6.07) is 3.19. The molecule has 12 heteroatoms. The van der Waals surface area contributed by atoms with E-state index in [1.54, 1.807) is 0 Å². The molecule has 33 heavy (non-hydrogen) atoms. The summed E-state index contributed by atoms with van der Waals surface area (Å²) in [5.41, 5.74) is -1.98. The molecule has 2 aliphatic heterocycles. The Bertz CT molecular complexity index is 1250. The molecular formula is C21H24FN3O7S. The van der Waals surface area contributed by atoms with Crippen LogP contribution in [-0.4, -0.2) is 55.1 Å². The molecule has 2 N–H and O–H groups in total. The highest BCUT2D eigenvalue weighted by Crippen LogP contribution is 2.37. The summed E-state index contributed by atoms with van der Waals surface area (Å²) in [5.74, 6) is -2.15. The zero-order valence-corrected chi connectivity index (χ0v) is 18.8. The Labute approximate surface area is 189 Å². The number of hydrogen-bond acceptors (Lipinski definition) is 8. The number of nitrogens with one attached hydrogen (secondary N) is 1. The smallest absolute Gasteiger partial charge is 0.296 e. The van der Waals surface area contributed by atoms with E-state index in [2.05, 4.69) is 10.3 Å². The molecule has 10 nitrogen and oxygen atoms in total. The third kappa shape index (κ3) is 4.50. The summed E-state index contributed by atoms with van der Waals surface area (Å²) in [4.78, 5) is 29.9. The molecule has 0 bridgehead atoms. The third-order valence-corrected chi connectivity index (χ3v) is 7.02. The number of amides is 1. The fourth-order valence-corrected chi connectivity index (χ4v) is 5.10. The molecule has 0 atom stereocenters. The molecule has 0 radical (unpaired) electrons. The van der Waals surface area contributed by atoms with Crippen molar-refractivity contribution in [3.05, 3.63) is 51.5 Å². The molecule has 1 fully saturated rings. The summed E-state index contributed by atoms with van der Waals surface area (Å²) in [7, 11) is -3.76. The van der Waals surface area contributed by atoms with E-state index in [9.17, 15) is 27.5 Å². The second-order valence-corrected chi connectivity index (χ2v) is 10.1. The first-order valence-corrected chi connectivity index (χ1v) is 12.3. The minimum atomic E-state index is -3.76. The van der Waals surface area contributed by atoms with E-state index in [1.165, 1.54) is 10.6 Å². The Morgan fingerprint density at radius 3 is 2.73 bits per heavy atom. The zero-order chi connectivity index (χ0) is 23.8. The van der Waals surface area contributed by atoms with Gasteiger partial charge in [-0.1, -0.05) is 6.07 Å². The van der Waals surface area contributed by atoms with Crippen LogP contribution < -0.4 is 10.9 Å². The molecule has 3 heterocycles. The number of aromatic hydroxyl groups is 1. The fraction of sp³-hybridized carbons (Fsp3) is 0.476. The van der Waals surface area contributed by atoms with Gasteiger partial charge in [-0.2, -0.15) is 0 Å². The van der Waals surface area contributed by atoms with Crippen LogP contribution in [0, 0.1) is 5.82 Å². The number of nitrogens with zero attached hydrogens (tertiary/aromatic N) is 2. The summed E-state index contributed by atoms with van der Waals surface area (Å²) in [5, 5.41) is 12.9. The number of benzene rings is 1. The highest BCUT2D eigenvalue weighted by Gasteiger charge is 2.42. The number of ether oxygens (including phenoxy) is 2. The van der Waals surface area contributed by atoms with Gasteiger partial charge in [0.2, 0.25) is 5.75 Å². The van der Waals surface area contributed by atoms with Crippen LogP contribution in [0.15, 0.2) is 27.9 Å². The van der Waals surface area contributed by atoms with Gasteiger partial charge in [0, 0.05) is 52.0 Å². The van der Waals surface area contributed by atoms with Crippen LogP contribution in [0.3, 0.4) is 0 Å². The quantitative estimate of drug-likeness (QED) is 0.656. The van der Waals surface area contributed by atoms with Gasteiger partial charge in [-0.25, -0.2) is 17.8 Å². The first-order valence-electron chi connectivity index (χ1n) is 10.4. The zero-order valence-electron chi connectivity index (χ0n) is 18.0. The molecule has 1 saturated heterocycles. The molecule has 2 aliphatic rings. The highest BCUT2D eigenvalue weighted by atomic mass is 32.2. The van der Waals surface area contributed by atoms with Crippen LogP contribution in [0.1, 0.15) is 41.1 Å². The van der Waals surface area contributed by atoms with Crippen molar-refractivity contribution in [2.24, 2.45) is 0 Å². The lowest BCUT2D eigenvalue weighted by molar-refractivity contribution is -0.118. The molecule has 0 saturated carbocycles. The summed E-state index contributed by atoms with van der Waals surface area (Å²) < 4.78 is 50.3. The molecule has 1 amide bonds. The van der Waals surface area contributed by atoms with Gasteiger partial charge in [0.15, 0.2) is 15.5 Å². The SMILES string of the molecule is CS(=O)(=O)c1cc(F)ccc1CNC(=O)c1nc2n(c(=O)c1O)CCCOC21CCOCC1. The molecule has 1 aromatic heterocycles. The number of aromatic nitrogens is 2. The predicted octanol–water partition coefficient (Wildman–Crippen LogP) is 0.848. The first kappa shape index (κ1) is 23.3. The third-order valence-electron chi connectivity index (χ3n) is 5.84. The lowest BCUT2D eigenvalue weighted by Gasteiger charge is -2.36. The highest BCUT2D eigenvalue weighted by molar-refractivity contribution is 7.90. The number of carbonyl (C=O) groups excluding carboxylic acids is 1. The Morgan fingerprint density at radius 2 is 2.03 bits per heavy atom. The molecular weight excluding hydrogens is 457 g/mol. The van der Waals surface area contributed by atoms with Crippen molar-refractivity contribution in [2.45, 2.75) is 42.8 Å². The van der Waals surface area contributed by atoms with Crippen molar-refractivity contribution in [1.29, 1.82) is 0 Å². The Kier molecular flexibility index (Phi) is 6.25. The number of sulfone groups is 1. The van der Waals surface area contributed by atoms with E-state index < -0.39 is 44.2 Å². The number of halogens is 1. The van der Waals surface area contributed by atoms with Crippen LogP contribution in [0.5, 0.6) is 5.75 Å². The number of rotatable bonds is 4. The van der Waals surface area contributed by atoms with Crippen LogP contribution >= 0.6 is 0 Å². The Morgan fingerprint density at radius 1 is 1.30 bits per heavy atom. The van der Waals surface area contributed by atoms with E-state index in [1.807, 2.05) is 0 Å². The van der Waals surface area contributed by atoms with Gasteiger partial charge in [-0.3, -0.25) is 14.2 Å². The van der Waals surface area contributed by atoms with Crippen LogP contribution in [0.2, 0.25) is 0 Å². The maximum Gasteiger partial charge on any atom is 0.296 e. The predicted molar refractivity (Wildman–Crippen MR) is 113 cm³/mol. The minimum absolute atomic E-state index is 0.155. The van der Waals surface area contributed by atoms with Gasteiger partial charge in [-0.05, 0) is 24.1 Å². The van der Waals surface area contributed by atoms with Crippen molar-refractivity contribution in [3.63, 3.8) is 0 Å². The Hall–Kier alpha value is -2.83. The second kappa shape index (κ2) is 8.84. The summed E-state index contributed by atoms with van der Waals surface area (Å²) in [6.45, 7) is 1.20. The van der Waals surface area contributed by atoms with E-state index in [0.717, 1.165) is 18.4 Å². The standard InChI is InChI=1S/C21H24FN3O7S/c1-33(29,30)15-11-14(22)4-3-13(15)12-23-18(27)16-17(26)19(28)25-7-2-8-32-21(20(25)24-16)5-9-31-10-6-21/h3-4,11,26H,2,5-10,12H2,1H3,(H,23,27). The lowest BCUT2D eigenvalue weighted by Crippen LogP contribution is -2.42. The normalized spacial score (nSPS) is 17.9. The van der Waals surface area contributed by atoms with Gasteiger partial charge in [-0.15, -0.1) is 0 Å². The number of carbonyl (C=O) groups is 1. The van der Waals surface area contributed by atoms with E-state index >= 15 is 0 Å². The van der Waals surface area contributed by atoms with Crippen molar-refractivity contribution < 1.29 is 32.2 Å². The lowest BCUT2D eigenvalue weighted by atomic mass is 9.92. The molecule has 1 spiro atoms. The molecule has 2 aromatic rings. The van der Waals surface area contributed by atoms with Gasteiger partial charge >= 0.3 is 0 Å². The maximum atomic E-state index is 13.6. The molecule has 0 aliphatic carbocycles. The van der Waals surface area contributed by atoms with E-state index in [-0.39, 0.29) is 29.4 Å². The summed E-state index contributed by atoms with van der Waals surface area (Å²) >= 11 is 0. The van der Waals surface area contributed by atoms with Crippen LogP contribution in [0.25, 0.3) is 0 Å². The largest absolute Gasteiger partial charge is 0.501 e. The van der Waals surface area contributed by atoms with Crippen LogP contribution in [-0.2, 0) is 38.0 Å². The van der Waals surface area contributed by atoms with Gasteiger partial charge < -0.3 is 19.9 Å². The molecule has 1 aromatic carbocycles. The number of fused-ring (bicyclic) bond motifs is 2. The molecule has 178 valence electrons. The van der Waals surface area contributed by atoms with Crippen molar-refractivity contribution >= 4 is 15.7 Å². The first-order chi connectivity index (χ1) is 15.6. The van der Waals surface area contributed by atoms with Crippen molar-refractivity contribution in [3.8, 4) is 5.75 Å². The van der Waals surface area contributed by atoms with Gasteiger partial charge in [0.25, 0.3) is 11.5 Å². The second-order valence-electron chi connectivity index (χ2n) is 8.10. The minimum Gasteiger partial charge on any atom is -0.501 e. The maximum absolute atomic E-state index is 13.6. The molecule has 4 rings (SSSR count). The monoisotopic (exact) mass is 481 g/mol. The van der Waals surface area contributed by atoms with E-state index in [0.29, 0.717) is 39.1 Å². The molecule has 0 unspecified atom stereocenters.